The number of nitrogens with zero attached hydrogens (tertiary/aromatic N) is 2. The number of pyridine rings is 1. The molecule has 0 spiro atoms. The molecule has 0 aliphatic heterocycles. The standard InChI is InChI=1S/C18H23FN4OS/c1-3-21-18(22-9-10-25-2)23-12-14-6-7-17(16(19)11-14)24-15-5-4-8-20-13-15/h4-8,11,13H,3,9-10,12H2,1-2H3,(H2,21,22,23). The van der Waals surface area contributed by atoms with E-state index in [1.807, 2.05) is 13.0 Å². The van der Waals surface area contributed by atoms with Crippen LogP contribution in [0.1, 0.15) is 12.5 Å². The molecule has 2 N–H and O–H groups in total. The van der Waals surface area contributed by atoms with Crippen molar-refractivity contribution < 1.29 is 9.13 Å². The molecule has 0 radical (unpaired) electrons. The zero-order valence-corrected chi connectivity index (χ0v) is 15.3. The fourth-order valence-electron chi connectivity index (χ4n) is 2.04. The van der Waals surface area contributed by atoms with Crippen molar-refractivity contribution in [3.63, 3.8) is 0 Å². The van der Waals surface area contributed by atoms with Gasteiger partial charge in [0.2, 0.25) is 0 Å². The second-order valence-corrected chi connectivity index (χ2v) is 6.16. The Labute approximate surface area is 152 Å². The molecule has 1 heterocycles. The number of hydrogen-bond acceptors (Lipinski definition) is 4. The molecular weight excluding hydrogens is 339 g/mol. The topological polar surface area (TPSA) is 58.5 Å². The molecule has 0 aliphatic rings. The van der Waals surface area contributed by atoms with Crippen LogP contribution in [0.3, 0.4) is 0 Å². The highest BCUT2D eigenvalue weighted by Crippen LogP contribution is 2.24. The average molecular weight is 362 g/mol. The van der Waals surface area contributed by atoms with Gasteiger partial charge in [0.15, 0.2) is 17.5 Å². The number of aliphatic imine (C=N–C) groups is 1. The number of nitrogens with one attached hydrogen (secondary N) is 2. The summed E-state index contributed by atoms with van der Waals surface area (Å²) in [5, 5.41) is 6.42. The van der Waals surface area contributed by atoms with Gasteiger partial charge in [0, 0.05) is 25.0 Å². The van der Waals surface area contributed by atoms with E-state index in [2.05, 4.69) is 26.9 Å². The number of rotatable bonds is 8. The molecule has 0 aliphatic carbocycles. The van der Waals surface area contributed by atoms with E-state index < -0.39 is 5.82 Å². The lowest BCUT2D eigenvalue weighted by atomic mass is 10.2. The minimum absolute atomic E-state index is 0.172. The van der Waals surface area contributed by atoms with E-state index in [0.717, 1.165) is 30.4 Å². The molecule has 134 valence electrons. The molecule has 2 aromatic rings. The van der Waals surface area contributed by atoms with Gasteiger partial charge in [-0.25, -0.2) is 9.38 Å². The van der Waals surface area contributed by atoms with E-state index in [0.29, 0.717) is 12.3 Å². The molecule has 5 nitrogen and oxygen atoms in total. The summed E-state index contributed by atoms with van der Waals surface area (Å²) in [4.78, 5) is 8.42. The highest BCUT2D eigenvalue weighted by Gasteiger charge is 2.06. The number of hydrogen-bond donors (Lipinski definition) is 2. The molecule has 0 bridgehead atoms. The lowest BCUT2D eigenvalue weighted by molar-refractivity contribution is 0.440. The third-order valence-corrected chi connectivity index (χ3v) is 3.83. The summed E-state index contributed by atoms with van der Waals surface area (Å²) < 4.78 is 19.7. The van der Waals surface area contributed by atoms with E-state index in [1.165, 1.54) is 6.07 Å². The Balaban J connectivity index is 1.99. The molecule has 2 rings (SSSR count). The van der Waals surface area contributed by atoms with Gasteiger partial charge < -0.3 is 15.4 Å². The minimum atomic E-state index is -0.420. The third-order valence-electron chi connectivity index (χ3n) is 3.22. The van der Waals surface area contributed by atoms with Gasteiger partial charge in [-0.05, 0) is 43.0 Å². The van der Waals surface area contributed by atoms with Crippen molar-refractivity contribution in [3.8, 4) is 11.5 Å². The van der Waals surface area contributed by atoms with Crippen LogP contribution in [0.2, 0.25) is 0 Å². The number of guanidine groups is 1. The summed E-state index contributed by atoms with van der Waals surface area (Å²) in [7, 11) is 0. The lowest BCUT2D eigenvalue weighted by Gasteiger charge is -2.11. The minimum Gasteiger partial charge on any atom is -0.453 e. The maximum absolute atomic E-state index is 14.2. The van der Waals surface area contributed by atoms with Crippen molar-refractivity contribution in [1.29, 1.82) is 0 Å². The molecule has 0 saturated carbocycles. The first-order valence-electron chi connectivity index (χ1n) is 8.10. The molecule has 25 heavy (non-hydrogen) atoms. The second kappa shape index (κ2) is 10.6. The maximum Gasteiger partial charge on any atom is 0.191 e. The van der Waals surface area contributed by atoms with E-state index in [-0.39, 0.29) is 5.75 Å². The summed E-state index contributed by atoms with van der Waals surface area (Å²) in [5.41, 5.74) is 0.776. The Kier molecular flexibility index (Phi) is 8.04. The van der Waals surface area contributed by atoms with Crippen LogP contribution in [0, 0.1) is 5.82 Å². The van der Waals surface area contributed by atoms with Gasteiger partial charge in [-0.1, -0.05) is 6.07 Å². The first-order valence-corrected chi connectivity index (χ1v) is 9.49. The predicted molar refractivity (Wildman–Crippen MR) is 102 cm³/mol. The fourth-order valence-corrected chi connectivity index (χ4v) is 2.35. The molecular formula is C18H23FN4OS. The molecule has 0 saturated heterocycles. The van der Waals surface area contributed by atoms with Crippen molar-refractivity contribution in [3.05, 3.63) is 54.1 Å². The molecule has 0 fully saturated rings. The van der Waals surface area contributed by atoms with Crippen molar-refractivity contribution in [2.45, 2.75) is 13.5 Å². The van der Waals surface area contributed by atoms with Crippen molar-refractivity contribution in [2.75, 3.05) is 25.1 Å². The second-order valence-electron chi connectivity index (χ2n) is 5.17. The third kappa shape index (κ3) is 6.62. The molecule has 1 aromatic carbocycles. The lowest BCUT2D eigenvalue weighted by Crippen LogP contribution is -2.38. The predicted octanol–water partition coefficient (Wildman–Crippen LogP) is 3.43. The first-order chi connectivity index (χ1) is 12.2. The summed E-state index contributed by atoms with van der Waals surface area (Å²) in [6.45, 7) is 4.01. The molecule has 0 amide bonds. The molecule has 0 atom stereocenters. The molecule has 1 aromatic heterocycles. The van der Waals surface area contributed by atoms with E-state index in [4.69, 9.17) is 4.74 Å². The Morgan fingerprint density at radius 2 is 2.20 bits per heavy atom. The van der Waals surface area contributed by atoms with Gasteiger partial charge in [0.1, 0.15) is 5.75 Å². The summed E-state index contributed by atoms with van der Waals surface area (Å²) >= 11 is 1.77. The Morgan fingerprint density at radius 3 is 2.88 bits per heavy atom. The number of halogens is 1. The number of thioether (sulfide) groups is 1. The molecule has 0 unspecified atom stereocenters. The van der Waals surface area contributed by atoms with Crippen molar-refractivity contribution >= 4 is 17.7 Å². The van der Waals surface area contributed by atoms with Crippen molar-refractivity contribution in [2.24, 2.45) is 4.99 Å². The van der Waals surface area contributed by atoms with Gasteiger partial charge in [0.05, 0.1) is 12.7 Å². The summed E-state index contributed by atoms with van der Waals surface area (Å²) in [6, 6.07) is 8.34. The zero-order chi connectivity index (χ0) is 17.9. The Morgan fingerprint density at radius 1 is 1.32 bits per heavy atom. The largest absolute Gasteiger partial charge is 0.453 e. The molecule has 7 heteroatoms. The van der Waals surface area contributed by atoms with Crippen LogP contribution in [0.4, 0.5) is 4.39 Å². The average Bonchev–Trinajstić information content (AvgIpc) is 2.63. The first kappa shape index (κ1) is 19.1. The quantitative estimate of drug-likeness (QED) is 0.428. The van der Waals surface area contributed by atoms with Gasteiger partial charge >= 0.3 is 0 Å². The number of aromatic nitrogens is 1. The Hall–Kier alpha value is -2.28. The van der Waals surface area contributed by atoms with Crippen LogP contribution in [-0.4, -0.2) is 36.0 Å². The van der Waals surface area contributed by atoms with Crippen molar-refractivity contribution in [1.82, 2.24) is 15.6 Å². The van der Waals surface area contributed by atoms with E-state index in [1.54, 1.807) is 42.4 Å². The Bertz CT molecular complexity index is 682. The fraction of sp³-hybridized carbons (Fsp3) is 0.333. The van der Waals surface area contributed by atoms with Gasteiger partial charge in [-0.15, -0.1) is 0 Å². The highest BCUT2D eigenvalue weighted by atomic mass is 32.2. The van der Waals surface area contributed by atoms with E-state index >= 15 is 0 Å². The van der Waals surface area contributed by atoms with Crippen LogP contribution >= 0.6 is 11.8 Å². The highest BCUT2D eigenvalue weighted by molar-refractivity contribution is 7.98. The number of ether oxygens (including phenoxy) is 1. The SMILES string of the molecule is CCNC(=NCc1ccc(Oc2cccnc2)c(F)c1)NCCSC. The normalized spacial score (nSPS) is 11.2. The van der Waals surface area contributed by atoms with Crippen LogP contribution < -0.4 is 15.4 Å². The van der Waals surface area contributed by atoms with Crippen LogP contribution in [0.15, 0.2) is 47.7 Å². The van der Waals surface area contributed by atoms with Crippen LogP contribution in [0.25, 0.3) is 0 Å². The van der Waals surface area contributed by atoms with Crippen LogP contribution in [-0.2, 0) is 6.54 Å². The number of benzene rings is 1. The van der Waals surface area contributed by atoms with Crippen LogP contribution in [0.5, 0.6) is 11.5 Å². The summed E-state index contributed by atoms with van der Waals surface area (Å²) in [5.74, 6) is 1.98. The maximum atomic E-state index is 14.2. The van der Waals surface area contributed by atoms with E-state index in [9.17, 15) is 4.39 Å². The monoisotopic (exact) mass is 362 g/mol. The van der Waals surface area contributed by atoms with Gasteiger partial charge in [-0.2, -0.15) is 11.8 Å². The zero-order valence-electron chi connectivity index (χ0n) is 14.5. The van der Waals surface area contributed by atoms with Gasteiger partial charge in [-0.3, -0.25) is 4.98 Å². The van der Waals surface area contributed by atoms with Gasteiger partial charge in [0.25, 0.3) is 0 Å². The smallest absolute Gasteiger partial charge is 0.191 e. The summed E-state index contributed by atoms with van der Waals surface area (Å²) in [6.07, 6.45) is 5.24.